The molecule has 140 valence electrons. The SMILES string of the molecule is CSC(=Nc1c(C)cccc1C)c1sc(C(=O)c2ccccc2)c(N)c1C#N. The van der Waals surface area contributed by atoms with Gasteiger partial charge < -0.3 is 5.73 Å². The van der Waals surface area contributed by atoms with Crippen LogP contribution >= 0.6 is 23.1 Å². The van der Waals surface area contributed by atoms with Crippen LogP contribution in [0.15, 0.2) is 53.5 Å². The largest absolute Gasteiger partial charge is 0.396 e. The van der Waals surface area contributed by atoms with Gasteiger partial charge in [0, 0.05) is 5.56 Å². The molecule has 0 fully saturated rings. The van der Waals surface area contributed by atoms with E-state index in [1.807, 2.05) is 44.4 Å². The van der Waals surface area contributed by atoms with E-state index in [4.69, 9.17) is 10.7 Å². The molecule has 0 unspecified atom stereocenters. The highest BCUT2D eigenvalue weighted by molar-refractivity contribution is 8.14. The van der Waals surface area contributed by atoms with Crippen LogP contribution in [0.3, 0.4) is 0 Å². The molecule has 4 nitrogen and oxygen atoms in total. The normalized spacial score (nSPS) is 11.3. The average Bonchev–Trinajstić information content (AvgIpc) is 3.04. The molecular weight excluding hydrogens is 386 g/mol. The zero-order valence-electron chi connectivity index (χ0n) is 15.8. The third kappa shape index (κ3) is 3.72. The van der Waals surface area contributed by atoms with Crippen molar-refractivity contribution in [2.45, 2.75) is 13.8 Å². The maximum atomic E-state index is 12.9. The van der Waals surface area contributed by atoms with E-state index >= 15 is 0 Å². The van der Waals surface area contributed by atoms with Gasteiger partial charge in [-0.15, -0.1) is 23.1 Å². The minimum atomic E-state index is -0.182. The Morgan fingerprint density at radius 3 is 2.29 bits per heavy atom. The number of aliphatic imine (C=N–C) groups is 1. The van der Waals surface area contributed by atoms with Crippen molar-refractivity contribution in [1.29, 1.82) is 5.26 Å². The van der Waals surface area contributed by atoms with Crippen molar-refractivity contribution >= 4 is 45.3 Å². The molecule has 3 aromatic rings. The lowest BCUT2D eigenvalue weighted by molar-refractivity contribution is 0.104. The Morgan fingerprint density at radius 2 is 1.71 bits per heavy atom. The summed E-state index contributed by atoms with van der Waals surface area (Å²) in [5.74, 6) is -0.182. The molecule has 0 spiro atoms. The maximum Gasteiger partial charge on any atom is 0.205 e. The van der Waals surface area contributed by atoms with Crippen LogP contribution in [0.1, 0.15) is 36.8 Å². The number of nitrogens with two attached hydrogens (primary N) is 1. The molecule has 0 amide bonds. The molecule has 3 rings (SSSR count). The Morgan fingerprint density at radius 1 is 1.07 bits per heavy atom. The molecule has 0 radical (unpaired) electrons. The van der Waals surface area contributed by atoms with Gasteiger partial charge >= 0.3 is 0 Å². The first-order chi connectivity index (χ1) is 13.5. The molecule has 2 aromatic carbocycles. The van der Waals surface area contributed by atoms with Crippen LogP contribution in [-0.2, 0) is 0 Å². The molecule has 0 aliphatic rings. The highest BCUT2D eigenvalue weighted by atomic mass is 32.2. The van der Waals surface area contributed by atoms with Crippen LogP contribution in [0, 0.1) is 25.2 Å². The summed E-state index contributed by atoms with van der Waals surface area (Å²) < 4.78 is 0. The molecule has 0 saturated carbocycles. The third-order valence-electron chi connectivity index (χ3n) is 4.34. The number of hydrogen-bond acceptors (Lipinski definition) is 6. The number of nitrogens with zero attached hydrogens (tertiary/aromatic N) is 2. The molecule has 0 aliphatic carbocycles. The fourth-order valence-electron chi connectivity index (χ4n) is 2.87. The predicted octanol–water partition coefficient (Wildman–Crippen LogP) is 5.49. The number of aryl methyl sites for hydroxylation is 2. The van der Waals surface area contributed by atoms with E-state index in [9.17, 15) is 10.1 Å². The average molecular weight is 406 g/mol. The molecular formula is C22H19N3OS2. The number of carbonyl (C=O) groups excluding carboxylic acids is 1. The van der Waals surface area contributed by atoms with E-state index in [0.717, 1.165) is 16.8 Å². The van der Waals surface area contributed by atoms with Gasteiger partial charge in [-0.25, -0.2) is 4.99 Å². The second-order valence-corrected chi connectivity index (χ2v) is 8.03. The van der Waals surface area contributed by atoms with Gasteiger partial charge in [0.2, 0.25) is 5.78 Å². The van der Waals surface area contributed by atoms with Gasteiger partial charge in [0.1, 0.15) is 16.0 Å². The van der Waals surface area contributed by atoms with Gasteiger partial charge in [0.25, 0.3) is 0 Å². The summed E-state index contributed by atoms with van der Waals surface area (Å²) in [5, 5.41) is 10.4. The number of nitrogen functional groups attached to an aromatic ring is 1. The topological polar surface area (TPSA) is 79.2 Å². The maximum absolute atomic E-state index is 12.9. The molecule has 1 heterocycles. The molecule has 2 N–H and O–H groups in total. The smallest absolute Gasteiger partial charge is 0.205 e. The number of thiophene rings is 1. The minimum absolute atomic E-state index is 0.182. The van der Waals surface area contributed by atoms with Crippen LogP contribution in [0.4, 0.5) is 11.4 Å². The number of anilines is 1. The zero-order valence-corrected chi connectivity index (χ0v) is 17.4. The number of carbonyl (C=O) groups is 1. The van der Waals surface area contributed by atoms with E-state index in [0.29, 0.717) is 25.9 Å². The van der Waals surface area contributed by atoms with E-state index in [1.165, 1.54) is 23.1 Å². The second-order valence-electron chi connectivity index (χ2n) is 6.22. The van der Waals surface area contributed by atoms with Crippen molar-refractivity contribution < 1.29 is 4.79 Å². The number of rotatable bonds is 4. The molecule has 0 aliphatic heterocycles. The standard InChI is InChI=1S/C22H19N3OS2/c1-13-8-7-9-14(2)18(13)25-22(27-3)20-16(12-23)17(24)21(28-20)19(26)15-10-5-4-6-11-15/h4-11H,24H2,1-3H3. The Labute approximate surface area is 172 Å². The van der Waals surface area contributed by atoms with Gasteiger partial charge in [-0.3, -0.25) is 4.79 Å². The second kappa shape index (κ2) is 8.42. The van der Waals surface area contributed by atoms with Crippen molar-refractivity contribution in [2.75, 3.05) is 12.0 Å². The lowest BCUT2D eigenvalue weighted by atomic mass is 10.1. The third-order valence-corrected chi connectivity index (χ3v) is 6.36. The van der Waals surface area contributed by atoms with E-state index in [2.05, 4.69) is 6.07 Å². The lowest BCUT2D eigenvalue weighted by Gasteiger charge is -2.07. The number of thioether (sulfide) groups is 1. The summed E-state index contributed by atoms with van der Waals surface area (Å²) in [5.41, 5.74) is 10.3. The van der Waals surface area contributed by atoms with E-state index < -0.39 is 0 Å². The van der Waals surface area contributed by atoms with Crippen molar-refractivity contribution in [1.82, 2.24) is 0 Å². The fourth-order valence-corrected chi connectivity index (χ4v) is 4.73. The van der Waals surface area contributed by atoms with E-state index in [-0.39, 0.29) is 11.5 Å². The van der Waals surface area contributed by atoms with Crippen LogP contribution in [0.2, 0.25) is 0 Å². The van der Waals surface area contributed by atoms with Gasteiger partial charge in [0.15, 0.2) is 0 Å². The van der Waals surface area contributed by atoms with Crippen LogP contribution in [0.25, 0.3) is 0 Å². The Balaban J connectivity index is 2.15. The van der Waals surface area contributed by atoms with Crippen molar-refractivity contribution in [2.24, 2.45) is 4.99 Å². The van der Waals surface area contributed by atoms with Gasteiger partial charge in [-0.1, -0.05) is 48.5 Å². The van der Waals surface area contributed by atoms with E-state index in [1.54, 1.807) is 24.3 Å². The first-order valence-corrected chi connectivity index (χ1v) is 10.6. The quantitative estimate of drug-likeness (QED) is 0.353. The Kier molecular flexibility index (Phi) is 5.98. The summed E-state index contributed by atoms with van der Waals surface area (Å²) in [6, 6.07) is 17.1. The van der Waals surface area contributed by atoms with Crippen LogP contribution in [0.5, 0.6) is 0 Å². The van der Waals surface area contributed by atoms with Crippen molar-refractivity contribution in [3.8, 4) is 6.07 Å². The minimum Gasteiger partial charge on any atom is -0.396 e. The van der Waals surface area contributed by atoms with Gasteiger partial charge in [-0.05, 0) is 31.2 Å². The summed E-state index contributed by atoms with van der Waals surface area (Å²) in [4.78, 5) is 18.7. The summed E-state index contributed by atoms with van der Waals surface area (Å²) >= 11 is 2.67. The van der Waals surface area contributed by atoms with Crippen molar-refractivity contribution in [3.63, 3.8) is 0 Å². The first-order valence-electron chi connectivity index (χ1n) is 8.59. The molecule has 28 heavy (non-hydrogen) atoms. The fraction of sp³-hybridized carbons (Fsp3) is 0.136. The summed E-state index contributed by atoms with van der Waals surface area (Å²) in [6.45, 7) is 4.00. The Bertz CT molecular complexity index is 1090. The summed E-state index contributed by atoms with van der Waals surface area (Å²) in [7, 11) is 0. The number of hydrogen-bond donors (Lipinski definition) is 1. The molecule has 0 bridgehead atoms. The highest BCUT2D eigenvalue weighted by Gasteiger charge is 2.24. The van der Waals surface area contributed by atoms with Crippen LogP contribution in [-0.4, -0.2) is 17.1 Å². The highest BCUT2D eigenvalue weighted by Crippen LogP contribution is 2.36. The molecule has 6 heteroatoms. The molecule has 1 aromatic heterocycles. The lowest BCUT2D eigenvalue weighted by Crippen LogP contribution is -2.02. The summed E-state index contributed by atoms with van der Waals surface area (Å²) in [6.07, 6.45) is 1.90. The van der Waals surface area contributed by atoms with Gasteiger partial charge in [-0.2, -0.15) is 5.26 Å². The number of nitriles is 1. The molecule has 0 atom stereocenters. The van der Waals surface area contributed by atoms with Gasteiger partial charge in [0.05, 0.1) is 21.8 Å². The van der Waals surface area contributed by atoms with Crippen LogP contribution < -0.4 is 5.73 Å². The number of ketones is 1. The van der Waals surface area contributed by atoms with Crippen molar-refractivity contribution in [3.05, 3.63) is 80.5 Å². The first kappa shape index (κ1) is 19.9. The predicted molar refractivity (Wildman–Crippen MR) is 119 cm³/mol. The zero-order chi connectivity index (χ0) is 20.3. The Hall–Kier alpha value is -2.88. The molecule has 0 saturated heterocycles. The monoisotopic (exact) mass is 405 g/mol. The number of benzene rings is 2. The number of para-hydroxylation sites is 1.